The van der Waals surface area contributed by atoms with E-state index in [1.165, 1.54) is 11.5 Å². The standard InChI is InChI=1S/C2H3BrN4S/c3-1-5-2(6-4)8-7-1/h4H2,(H,5,6,7). The van der Waals surface area contributed by atoms with Crippen molar-refractivity contribution in [2.75, 3.05) is 5.43 Å². The first-order chi connectivity index (χ1) is 3.83. The Bertz CT molecular complexity index is 174. The van der Waals surface area contributed by atoms with Crippen molar-refractivity contribution in [2.24, 2.45) is 5.84 Å². The highest BCUT2D eigenvalue weighted by Gasteiger charge is 1.94. The largest absolute Gasteiger partial charge is 0.299 e. The molecule has 0 radical (unpaired) electrons. The molecule has 44 valence electrons. The van der Waals surface area contributed by atoms with Crippen LogP contribution in [0.2, 0.25) is 0 Å². The molecule has 3 N–H and O–H groups in total. The van der Waals surface area contributed by atoms with E-state index in [1.54, 1.807) is 0 Å². The Morgan fingerprint density at radius 1 is 1.75 bits per heavy atom. The number of anilines is 1. The zero-order valence-electron chi connectivity index (χ0n) is 3.76. The van der Waals surface area contributed by atoms with Gasteiger partial charge < -0.3 is 0 Å². The topological polar surface area (TPSA) is 63.8 Å². The van der Waals surface area contributed by atoms with Crippen LogP contribution in [-0.4, -0.2) is 9.36 Å². The number of nitrogens with zero attached hydrogens (tertiary/aromatic N) is 2. The Labute approximate surface area is 58.4 Å². The van der Waals surface area contributed by atoms with Crippen molar-refractivity contribution in [1.82, 2.24) is 9.36 Å². The Balaban J connectivity index is 2.84. The molecule has 4 nitrogen and oxygen atoms in total. The van der Waals surface area contributed by atoms with Gasteiger partial charge in [-0.05, 0) is 15.9 Å². The van der Waals surface area contributed by atoms with Gasteiger partial charge in [0.1, 0.15) is 0 Å². The molecule has 0 spiro atoms. The van der Waals surface area contributed by atoms with Crippen molar-refractivity contribution in [3.8, 4) is 0 Å². The summed E-state index contributed by atoms with van der Waals surface area (Å²) in [7, 11) is 0. The van der Waals surface area contributed by atoms with E-state index in [1.807, 2.05) is 0 Å². The molecule has 8 heavy (non-hydrogen) atoms. The average molecular weight is 195 g/mol. The van der Waals surface area contributed by atoms with Gasteiger partial charge in [-0.2, -0.15) is 9.36 Å². The summed E-state index contributed by atoms with van der Waals surface area (Å²) in [6.45, 7) is 0. The van der Waals surface area contributed by atoms with Gasteiger partial charge in [-0.1, -0.05) is 0 Å². The van der Waals surface area contributed by atoms with E-state index >= 15 is 0 Å². The van der Waals surface area contributed by atoms with E-state index in [4.69, 9.17) is 5.84 Å². The van der Waals surface area contributed by atoms with Crippen LogP contribution in [0.1, 0.15) is 0 Å². The number of nitrogen functional groups attached to an aromatic ring is 1. The lowest BCUT2D eigenvalue weighted by Crippen LogP contribution is -2.05. The van der Waals surface area contributed by atoms with Gasteiger partial charge in [-0.3, -0.25) is 5.43 Å². The van der Waals surface area contributed by atoms with Gasteiger partial charge in [-0.25, -0.2) is 5.84 Å². The van der Waals surface area contributed by atoms with Crippen LogP contribution >= 0.6 is 27.5 Å². The third-order valence-electron chi connectivity index (χ3n) is 0.525. The quantitative estimate of drug-likeness (QED) is 0.508. The van der Waals surface area contributed by atoms with Crippen molar-refractivity contribution >= 4 is 32.6 Å². The average Bonchev–Trinajstić information content (AvgIpc) is 2.14. The number of halogens is 1. The van der Waals surface area contributed by atoms with Crippen LogP contribution in [0.4, 0.5) is 5.13 Å². The SMILES string of the molecule is NNc1nc(Br)ns1. The van der Waals surface area contributed by atoms with Crippen LogP contribution in [-0.2, 0) is 0 Å². The molecule has 0 amide bonds. The molecule has 0 bridgehead atoms. The molecule has 0 saturated carbocycles. The van der Waals surface area contributed by atoms with Gasteiger partial charge in [0.2, 0.25) is 9.87 Å². The third-order valence-corrected chi connectivity index (χ3v) is 1.76. The number of hydrogen-bond donors (Lipinski definition) is 2. The van der Waals surface area contributed by atoms with Crippen LogP contribution in [0.25, 0.3) is 0 Å². The number of rotatable bonds is 1. The fraction of sp³-hybridized carbons (Fsp3) is 0. The Morgan fingerprint density at radius 2 is 2.50 bits per heavy atom. The summed E-state index contributed by atoms with van der Waals surface area (Å²) in [5, 5.41) is 0.608. The molecule has 0 saturated heterocycles. The minimum Gasteiger partial charge on any atom is -0.299 e. The number of aromatic nitrogens is 2. The molecule has 1 aromatic rings. The van der Waals surface area contributed by atoms with Gasteiger partial charge in [0.15, 0.2) is 0 Å². The molecule has 0 fully saturated rings. The fourth-order valence-corrected chi connectivity index (χ4v) is 1.16. The van der Waals surface area contributed by atoms with E-state index < -0.39 is 0 Å². The number of hydrogen-bond acceptors (Lipinski definition) is 5. The van der Waals surface area contributed by atoms with E-state index in [9.17, 15) is 0 Å². The second kappa shape index (κ2) is 2.38. The predicted molar refractivity (Wildman–Crippen MR) is 35.4 cm³/mol. The first kappa shape index (κ1) is 5.93. The smallest absolute Gasteiger partial charge is 0.217 e. The molecular formula is C2H3BrN4S. The molecule has 1 aromatic heterocycles. The summed E-state index contributed by atoms with van der Waals surface area (Å²) >= 11 is 4.27. The predicted octanol–water partition coefficient (Wildman–Crippen LogP) is 0.586. The highest BCUT2D eigenvalue weighted by atomic mass is 79.9. The zero-order valence-corrected chi connectivity index (χ0v) is 6.16. The second-order valence-electron chi connectivity index (χ2n) is 1.01. The maximum atomic E-state index is 5.00. The lowest BCUT2D eigenvalue weighted by molar-refractivity contribution is 1.22. The second-order valence-corrected chi connectivity index (χ2v) is 2.47. The maximum Gasteiger partial charge on any atom is 0.217 e. The van der Waals surface area contributed by atoms with Crippen molar-refractivity contribution in [1.29, 1.82) is 0 Å². The number of hydrazine groups is 1. The first-order valence-corrected chi connectivity index (χ1v) is 3.35. The summed E-state index contributed by atoms with van der Waals surface area (Å²) < 4.78 is 4.36. The van der Waals surface area contributed by atoms with Crippen molar-refractivity contribution in [3.05, 3.63) is 4.73 Å². The minimum atomic E-state index is 0.565. The Morgan fingerprint density at radius 3 is 2.75 bits per heavy atom. The lowest BCUT2D eigenvalue weighted by Gasteiger charge is -1.83. The molecule has 1 rings (SSSR count). The Hall–Kier alpha value is -0.200. The third kappa shape index (κ3) is 1.15. The summed E-state index contributed by atoms with van der Waals surface area (Å²) in [6, 6.07) is 0. The molecule has 0 aromatic carbocycles. The first-order valence-electron chi connectivity index (χ1n) is 1.79. The van der Waals surface area contributed by atoms with E-state index in [0.717, 1.165) is 0 Å². The molecule has 0 atom stereocenters. The van der Waals surface area contributed by atoms with Gasteiger partial charge >= 0.3 is 0 Å². The van der Waals surface area contributed by atoms with E-state index in [-0.39, 0.29) is 0 Å². The van der Waals surface area contributed by atoms with E-state index in [2.05, 4.69) is 30.7 Å². The summed E-state index contributed by atoms with van der Waals surface area (Å²) in [4.78, 5) is 3.82. The highest BCUT2D eigenvalue weighted by molar-refractivity contribution is 9.10. The van der Waals surface area contributed by atoms with Crippen LogP contribution in [0.15, 0.2) is 4.73 Å². The van der Waals surface area contributed by atoms with Gasteiger partial charge in [-0.15, -0.1) is 0 Å². The van der Waals surface area contributed by atoms with Gasteiger partial charge in [0, 0.05) is 11.5 Å². The summed E-state index contributed by atoms with van der Waals surface area (Å²) in [6.07, 6.45) is 0. The normalized spacial score (nSPS) is 9.25. The van der Waals surface area contributed by atoms with Crippen LogP contribution < -0.4 is 11.3 Å². The monoisotopic (exact) mass is 194 g/mol. The lowest BCUT2D eigenvalue weighted by atomic mass is 11.2. The molecule has 1 heterocycles. The highest BCUT2D eigenvalue weighted by Crippen LogP contribution is 2.12. The van der Waals surface area contributed by atoms with Crippen molar-refractivity contribution in [3.63, 3.8) is 0 Å². The van der Waals surface area contributed by atoms with E-state index in [0.29, 0.717) is 9.87 Å². The minimum absolute atomic E-state index is 0.565. The molecular weight excluding hydrogens is 192 g/mol. The molecule has 0 aliphatic rings. The summed E-state index contributed by atoms with van der Waals surface area (Å²) in [5.74, 6) is 5.00. The molecule has 6 heteroatoms. The number of nitrogens with one attached hydrogen (secondary N) is 1. The van der Waals surface area contributed by atoms with Crippen molar-refractivity contribution < 1.29 is 0 Å². The van der Waals surface area contributed by atoms with Gasteiger partial charge in [0.05, 0.1) is 0 Å². The van der Waals surface area contributed by atoms with Gasteiger partial charge in [0.25, 0.3) is 0 Å². The molecule has 0 aliphatic heterocycles. The van der Waals surface area contributed by atoms with Crippen molar-refractivity contribution in [2.45, 2.75) is 0 Å². The van der Waals surface area contributed by atoms with Crippen LogP contribution in [0, 0.1) is 0 Å². The van der Waals surface area contributed by atoms with Crippen LogP contribution in [0.3, 0.4) is 0 Å². The van der Waals surface area contributed by atoms with Crippen LogP contribution in [0.5, 0.6) is 0 Å². The summed E-state index contributed by atoms with van der Waals surface area (Å²) in [5.41, 5.74) is 2.36. The molecule has 0 unspecified atom stereocenters. The molecule has 0 aliphatic carbocycles. The zero-order chi connectivity index (χ0) is 5.98. The number of nitrogens with two attached hydrogens (primary N) is 1. The maximum absolute atomic E-state index is 5.00. The fourth-order valence-electron chi connectivity index (χ4n) is 0.264. The Kier molecular flexibility index (Phi) is 1.77.